The minimum atomic E-state index is -0.899. The van der Waals surface area contributed by atoms with Crippen molar-refractivity contribution in [2.75, 3.05) is 6.54 Å². The van der Waals surface area contributed by atoms with E-state index in [1.54, 1.807) is 0 Å². The summed E-state index contributed by atoms with van der Waals surface area (Å²) in [6.45, 7) is 0.976. The van der Waals surface area contributed by atoms with Gasteiger partial charge in [-0.05, 0) is 5.56 Å². The van der Waals surface area contributed by atoms with Crippen molar-refractivity contribution in [3.63, 3.8) is 0 Å². The van der Waals surface area contributed by atoms with Gasteiger partial charge in [-0.3, -0.25) is 0 Å². The summed E-state index contributed by atoms with van der Waals surface area (Å²) >= 11 is 0. The van der Waals surface area contributed by atoms with E-state index in [-0.39, 0.29) is 0 Å². The largest absolute Gasteiger partial charge is 0.384 e. The first-order chi connectivity index (χ1) is 6.33. The molecule has 0 heterocycles. The van der Waals surface area contributed by atoms with Crippen LogP contribution in [0.4, 0.5) is 0 Å². The maximum absolute atomic E-state index is 10.1. The van der Waals surface area contributed by atoms with Crippen LogP contribution in [0.3, 0.4) is 0 Å². The number of carbonyl (C=O) groups is 1. The van der Waals surface area contributed by atoms with E-state index in [4.69, 9.17) is 5.11 Å². The molecule has 1 aromatic rings. The predicted octanol–water partition coefficient (Wildman–Crippen LogP) is 0.336. The van der Waals surface area contributed by atoms with Crippen LogP contribution < -0.4 is 5.32 Å². The van der Waals surface area contributed by atoms with Crippen molar-refractivity contribution >= 4 is 6.29 Å². The zero-order chi connectivity index (χ0) is 9.52. The van der Waals surface area contributed by atoms with Crippen molar-refractivity contribution in [2.24, 2.45) is 0 Å². The molecule has 1 aromatic carbocycles. The lowest BCUT2D eigenvalue weighted by Crippen LogP contribution is -2.27. The van der Waals surface area contributed by atoms with Crippen molar-refractivity contribution in [3.05, 3.63) is 35.9 Å². The highest BCUT2D eigenvalue weighted by atomic mass is 16.3. The molecule has 1 unspecified atom stereocenters. The molecule has 3 heteroatoms. The molecule has 0 aliphatic carbocycles. The summed E-state index contributed by atoms with van der Waals surface area (Å²) in [4.78, 5) is 10.1. The van der Waals surface area contributed by atoms with E-state index in [1.807, 2.05) is 30.3 Å². The molecule has 0 fully saturated rings. The van der Waals surface area contributed by atoms with Gasteiger partial charge in [0.2, 0.25) is 0 Å². The van der Waals surface area contributed by atoms with Gasteiger partial charge in [0.15, 0.2) is 0 Å². The second-order valence-electron chi connectivity index (χ2n) is 2.82. The Morgan fingerprint density at radius 2 is 2.08 bits per heavy atom. The lowest BCUT2D eigenvalue weighted by Gasteiger charge is -2.05. The molecular weight excluding hydrogens is 166 g/mol. The van der Waals surface area contributed by atoms with Crippen molar-refractivity contribution in [2.45, 2.75) is 12.6 Å². The smallest absolute Gasteiger partial charge is 0.149 e. The maximum Gasteiger partial charge on any atom is 0.149 e. The summed E-state index contributed by atoms with van der Waals surface area (Å²) < 4.78 is 0. The van der Waals surface area contributed by atoms with Crippen LogP contribution in [-0.4, -0.2) is 24.0 Å². The summed E-state index contributed by atoms with van der Waals surface area (Å²) in [5.74, 6) is 0. The fraction of sp³-hybridized carbons (Fsp3) is 0.300. The third-order valence-electron chi connectivity index (χ3n) is 1.68. The Balaban J connectivity index is 2.24. The molecule has 0 spiro atoms. The summed E-state index contributed by atoms with van der Waals surface area (Å²) in [7, 11) is 0. The van der Waals surface area contributed by atoms with E-state index in [0.29, 0.717) is 19.4 Å². The van der Waals surface area contributed by atoms with E-state index in [1.165, 1.54) is 0 Å². The van der Waals surface area contributed by atoms with Crippen molar-refractivity contribution in [1.82, 2.24) is 5.32 Å². The number of carbonyl (C=O) groups excluding carboxylic acids is 1. The predicted molar refractivity (Wildman–Crippen MR) is 50.2 cm³/mol. The van der Waals surface area contributed by atoms with Crippen molar-refractivity contribution in [3.8, 4) is 0 Å². The average Bonchev–Trinajstić information content (AvgIpc) is 2.19. The molecule has 0 radical (unpaired) electrons. The molecule has 0 bridgehead atoms. The lowest BCUT2D eigenvalue weighted by atomic mass is 10.2. The Morgan fingerprint density at radius 1 is 1.38 bits per heavy atom. The summed E-state index contributed by atoms with van der Waals surface area (Å²) in [5, 5.41) is 11.9. The zero-order valence-corrected chi connectivity index (χ0v) is 7.31. The SMILES string of the molecule is O=CC(O)CNCc1ccccc1. The number of rotatable bonds is 5. The lowest BCUT2D eigenvalue weighted by molar-refractivity contribution is -0.114. The third-order valence-corrected chi connectivity index (χ3v) is 1.68. The Morgan fingerprint density at radius 3 is 2.69 bits per heavy atom. The van der Waals surface area contributed by atoms with Gasteiger partial charge in [-0.2, -0.15) is 0 Å². The standard InChI is InChI=1S/C10H13NO2/c12-8-10(13)7-11-6-9-4-2-1-3-5-9/h1-5,8,10-11,13H,6-7H2. The molecule has 0 aromatic heterocycles. The first-order valence-corrected chi connectivity index (χ1v) is 4.21. The minimum absolute atomic E-state index is 0.304. The summed E-state index contributed by atoms with van der Waals surface area (Å²) in [6, 6.07) is 9.82. The maximum atomic E-state index is 10.1. The molecule has 3 nitrogen and oxygen atoms in total. The van der Waals surface area contributed by atoms with Gasteiger partial charge in [0.05, 0.1) is 0 Å². The number of nitrogens with one attached hydrogen (secondary N) is 1. The quantitative estimate of drug-likeness (QED) is 0.641. The van der Waals surface area contributed by atoms with Gasteiger partial charge in [-0.25, -0.2) is 0 Å². The highest BCUT2D eigenvalue weighted by molar-refractivity contribution is 5.55. The van der Waals surface area contributed by atoms with Gasteiger partial charge in [-0.15, -0.1) is 0 Å². The summed E-state index contributed by atoms with van der Waals surface area (Å²) in [5.41, 5.74) is 1.14. The van der Waals surface area contributed by atoms with Gasteiger partial charge in [0, 0.05) is 13.1 Å². The second kappa shape index (κ2) is 5.45. The van der Waals surface area contributed by atoms with Crippen LogP contribution in [0.1, 0.15) is 5.56 Å². The number of aldehydes is 1. The minimum Gasteiger partial charge on any atom is -0.384 e. The van der Waals surface area contributed by atoms with Crippen LogP contribution in [0.5, 0.6) is 0 Å². The normalized spacial score (nSPS) is 12.4. The molecule has 0 aliphatic rings. The van der Waals surface area contributed by atoms with Gasteiger partial charge < -0.3 is 15.2 Å². The van der Waals surface area contributed by atoms with E-state index in [0.717, 1.165) is 5.56 Å². The van der Waals surface area contributed by atoms with Gasteiger partial charge in [0.25, 0.3) is 0 Å². The van der Waals surface area contributed by atoms with Crippen molar-refractivity contribution in [1.29, 1.82) is 0 Å². The molecule has 1 rings (SSSR count). The number of aliphatic hydroxyl groups is 1. The van der Waals surface area contributed by atoms with Crippen LogP contribution in [0.2, 0.25) is 0 Å². The number of hydrogen-bond acceptors (Lipinski definition) is 3. The third kappa shape index (κ3) is 3.83. The number of hydrogen-bond donors (Lipinski definition) is 2. The fourth-order valence-electron chi connectivity index (χ4n) is 1.01. The van der Waals surface area contributed by atoms with E-state index < -0.39 is 6.10 Å². The molecule has 1 atom stereocenters. The average molecular weight is 179 g/mol. The molecule has 13 heavy (non-hydrogen) atoms. The Labute approximate surface area is 77.4 Å². The van der Waals surface area contributed by atoms with E-state index in [9.17, 15) is 4.79 Å². The molecule has 2 N–H and O–H groups in total. The second-order valence-corrected chi connectivity index (χ2v) is 2.82. The monoisotopic (exact) mass is 179 g/mol. The van der Waals surface area contributed by atoms with Crippen LogP contribution in [0.15, 0.2) is 30.3 Å². The molecule has 0 saturated carbocycles. The van der Waals surface area contributed by atoms with E-state index >= 15 is 0 Å². The number of benzene rings is 1. The highest BCUT2D eigenvalue weighted by Crippen LogP contribution is 1.96. The van der Waals surface area contributed by atoms with Crippen LogP contribution in [-0.2, 0) is 11.3 Å². The Hall–Kier alpha value is -1.19. The highest BCUT2D eigenvalue weighted by Gasteiger charge is 1.99. The first kappa shape index (κ1) is 9.89. The fourth-order valence-corrected chi connectivity index (χ4v) is 1.01. The molecule has 0 aliphatic heterocycles. The first-order valence-electron chi connectivity index (χ1n) is 4.21. The van der Waals surface area contributed by atoms with Crippen molar-refractivity contribution < 1.29 is 9.90 Å². The van der Waals surface area contributed by atoms with Crippen LogP contribution in [0.25, 0.3) is 0 Å². The van der Waals surface area contributed by atoms with Crippen LogP contribution >= 0.6 is 0 Å². The summed E-state index contributed by atoms with van der Waals surface area (Å²) in [6.07, 6.45) is -0.374. The van der Waals surface area contributed by atoms with Crippen LogP contribution in [0, 0.1) is 0 Å². The van der Waals surface area contributed by atoms with Gasteiger partial charge in [-0.1, -0.05) is 30.3 Å². The Kier molecular flexibility index (Phi) is 4.15. The topological polar surface area (TPSA) is 49.3 Å². The molecule has 0 amide bonds. The number of aliphatic hydroxyl groups excluding tert-OH is 1. The zero-order valence-electron chi connectivity index (χ0n) is 7.31. The molecule has 0 saturated heterocycles. The molecule has 70 valence electrons. The van der Waals surface area contributed by atoms with Gasteiger partial charge >= 0.3 is 0 Å². The Bertz CT molecular complexity index is 248. The van der Waals surface area contributed by atoms with Gasteiger partial charge in [0.1, 0.15) is 12.4 Å². The molecular formula is C10H13NO2. The van der Waals surface area contributed by atoms with E-state index in [2.05, 4.69) is 5.32 Å².